The summed E-state index contributed by atoms with van der Waals surface area (Å²) in [6, 6.07) is 18.3. The van der Waals surface area contributed by atoms with Gasteiger partial charge in [0, 0.05) is 5.39 Å². The van der Waals surface area contributed by atoms with Crippen molar-refractivity contribution in [3.8, 4) is 5.75 Å². The summed E-state index contributed by atoms with van der Waals surface area (Å²) in [5.41, 5.74) is 2.05. The van der Waals surface area contributed by atoms with Gasteiger partial charge in [0.05, 0.1) is 13.2 Å². The van der Waals surface area contributed by atoms with Crippen LogP contribution in [-0.2, 0) is 0 Å². The van der Waals surface area contributed by atoms with Gasteiger partial charge in [-0.05, 0) is 36.4 Å². The Morgan fingerprint density at radius 1 is 1.10 bits per heavy atom. The number of ether oxygens (including phenoxy) is 1. The molecule has 0 aliphatic rings. The maximum atomic E-state index is 6.01. The molecule has 0 radical (unpaired) electrons. The third-order valence-corrected chi connectivity index (χ3v) is 3.56. The van der Waals surface area contributed by atoms with Gasteiger partial charge in [-0.2, -0.15) is 0 Å². The summed E-state index contributed by atoms with van der Waals surface area (Å²) >= 11 is 0. The van der Waals surface area contributed by atoms with Gasteiger partial charge >= 0.3 is 0 Å². The average Bonchev–Trinajstić information content (AvgIpc) is 2.96. The standard InChI is InChI=1S/C18H19NO2/c1-3-19-18(14-8-6-9-15(11-14)20-2)17-12-13-7-4-5-10-16(13)21-17/h4-12,18-19H,3H2,1-2H3. The summed E-state index contributed by atoms with van der Waals surface area (Å²) in [6.07, 6.45) is 0. The minimum absolute atomic E-state index is 0.0255. The minimum atomic E-state index is 0.0255. The number of nitrogens with one attached hydrogen (secondary N) is 1. The van der Waals surface area contributed by atoms with E-state index in [1.54, 1.807) is 7.11 Å². The van der Waals surface area contributed by atoms with Gasteiger partial charge in [0.15, 0.2) is 0 Å². The van der Waals surface area contributed by atoms with E-state index >= 15 is 0 Å². The molecule has 0 aliphatic heterocycles. The van der Waals surface area contributed by atoms with Crippen molar-refractivity contribution >= 4 is 11.0 Å². The van der Waals surface area contributed by atoms with Crippen molar-refractivity contribution in [2.75, 3.05) is 13.7 Å². The van der Waals surface area contributed by atoms with Crippen LogP contribution in [0.2, 0.25) is 0 Å². The highest BCUT2D eigenvalue weighted by Crippen LogP contribution is 2.29. The summed E-state index contributed by atoms with van der Waals surface area (Å²) in [5.74, 6) is 1.78. The molecule has 3 aromatic rings. The Balaban J connectivity index is 2.03. The molecule has 2 aromatic carbocycles. The van der Waals surface area contributed by atoms with Crippen LogP contribution in [0.5, 0.6) is 5.75 Å². The zero-order valence-electron chi connectivity index (χ0n) is 12.3. The summed E-state index contributed by atoms with van der Waals surface area (Å²) in [7, 11) is 1.68. The van der Waals surface area contributed by atoms with E-state index < -0.39 is 0 Å². The van der Waals surface area contributed by atoms with E-state index in [1.165, 1.54) is 0 Å². The fourth-order valence-corrected chi connectivity index (χ4v) is 2.55. The summed E-state index contributed by atoms with van der Waals surface area (Å²) in [5, 5.41) is 4.60. The molecule has 0 saturated heterocycles. The first-order chi connectivity index (χ1) is 10.3. The van der Waals surface area contributed by atoms with Gasteiger partial charge in [-0.25, -0.2) is 0 Å². The number of hydrogen-bond acceptors (Lipinski definition) is 3. The second kappa shape index (κ2) is 6.02. The number of furan rings is 1. The number of hydrogen-bond donors (Lipinski definition) is 1. The highest BCUT2D eigenvalue weighted by molar-refractivity contribution is 5.78. The monoisotopic (exact) mass is 281 g/mol. The molecule has 1 atom stereocenters. The second-order valence-electron chi connectivity index (χ2n) is 4.95. The molecule has 0 spiro atoms. The summed E-state index contributed by atoms with van der Waals surface area (Å²) in [6.45, 7) is 2.95. The SMILES string of the molecule is CCNC(c1cccc(OC)c1)c1cc2ccccc2o1. The van der Waals surface area contributed by atoms with E-state index in [4.69, 9.17) is 9.15 Å². The summed E-state index contributed by atoms with van der Waals surface area (Å²) < 4.78 is 11.3. The van der Waals surface area contributed by atoms with Crippen LogP contribution in [-0.4, -0.2) is 13.7 Å². The number of para-hydroxylation sites is 1. The van der Waals surface area contributed by atoms with Gasteiger partial charge in [-0.1, -0.05) is 37.3 Å². The maximum Gasteiger partial charge on any atom is 0.134 e. The van der Waals surface area contributed by atoms with Gasteiger partial charge in [-0.15, -0.1) is 0 Å². The average molecular weight is 281 g/mol. The number of methoxy groups -OCH3 is 1. The molecule has 1 heterocycles. The normalized spacial score (nSPS) is 12.5. The molecule has 1 unspecified atom stereocenters. The molecular weight excluding hydrogens is 262 g/mol. The lowest BCUT2D eigenvalue weighted by molar-refractivity contribution is 0.412. The van der Waals surface area contributed by atoms with Crippen molar-refractivity contribution in [1.82, 2.24) is 5.32 Å². The van der Waals surface area contributed by atoms with Crippen LogP contribution in [0.3, 0.4) is 0 Å². The first-order valence-corrected chi connectivity index (χ1v) is 7.17. The molecule has 0 amide bonds. The van der Waals surface area contributed by atoms with Crippen molar-refractivity contribution in [1.29, 1.82) is 0 Å². The lowest BCUT2D eigenvalue weighted by Crippen LogP contribution is -2.21. The second-order valence-corrected chi connectivity index (χ2v) is 4.95. The molecule has 108 valence electrons. The molecule has 0 saturated carbocycles. The Kier molecular flexibility index (Phi) is 3.93. The number of benzene rings is 2. The lowest BCUT2D eigenvalue weighted by atomic mass is 10.0. The van der Waals surface area contributed by atoms with E-state index in [0.29, 0.717) is 0 Å². The van der Waals surface area contributed by atoms with E-state index in [0.717, 1.165) is 34.6 Å². The summed E-state index contributed by atoms with van der Waals surface area (Å²) in [4.78, 5) is 0. The Morgan fingerprint density at radius 2 is 1.95 bits per heavy atom. The molecular formula is C18H19NO2. The highest BCUT2D eigenvalue weighted by atomic mass is 16.5. The van der Waals surface area contributed by atoms with Gasteiger partial charge in [0.2, 0.25) is 0 Å². The molecule has 0 aliphatic carbocycles. The number of fused-ring (bicyclic) bond motifs is 1. The smallest absolute Gasteiger partial charge is 0.134 e. The molecule has 3 rings (SSSR count). The first kappa shape index (κ1) is 13.7. The molecule has 1 N–H and O–H groups in total. The van der Waals surface area contributed by atoms with Crippen molar-refractivity contribution < 1.29 is 9.15 Å². The third-order valence-electron chi connectivity index (χ3n) is 3.56. The molecule has 21 heavy (non-hydrogen) atoms. The van der Waals surface area contributed by atoms with Crippen LogP contribution in [0.25, 0.3) is 11.0 Å². The largest absolute Gasteiger partial charge is 0.497 e. The fraction of sp³-hybridized carbons (Fsp3) is 0.222. The lowest BCUT2D eigenvalue weighted by Gasteiger charge is -2.16. The molecule has 0 bridgehead atoms. The minimum Gasteiger partial charge on any atom is -0.497 e. The van der Waals surface area contributed by atoms with Crippen molar-refractivity contribution in [3.63, 3.8) is 0 Å². The zero-order valence-corrected chi connectivity index (χ0v) is 12.3. The fourth-order valence-electron chi connectivity index (χ4n) is 2.55. The quantitative estimate of drug-likeness (QED) is 0.763. The molecule has 3 nitrogen and oxygen atoms in total. The van der Waals surface area contributed by atoms with E-state index in [9.17, 15) is 0 Å². The van der Waals surface area contributed by atoms with Gasteiger partial charge in [0.25, 0.3) is 0 Å². The van der Waals surface area contributed by atoms with Gasteiger partial charge in [-0.3, -0.25) is 0 Å². The van der Waals surface area contributed by atoms with Crippen LogP contribution in [0.15, 0.2) is 59.0 Å². The third kappa shape index (κ3) is 2.78. The van der Waals surface area contributed by atoms with E-state index in [2.05, 4.69) is 30.4 Å². The van der Waals surface area contributed by atoms with Crippen LogP contribution in [0, 0.1) is 0 Å². The van der Waals surface area contributed by atoms with Gasteiger partial charge < -0.3 is 14.5 Å². The maximum absolute atomic E-state index is 6.01. The first-order valence-electron chi connectivity index (χ1n) is 7.17. The molecule has 0 fully saturated rings. The van der Waals surface area contributed by atoms with Crippen molar-refractivity contribution in [3.05, 3.63) is 65.9 Å². The van der Waals surface area contributed by atoms with Gasteiger partial charge in [0.1, 0.15) is 17.1 Å². The van der Waals surface area contributed by atoms with E-state index in [1.807, 2.05) is 36.4 Å². The predicted octanol–water partition coefficient (Wildman–Crippen LogP) is 4.14. The predicted molar refractivity (Wildman–Crippen MR) is 84.7 cm³/mol. The Labute approximate surface area is 124 Å². The topological polar surface area (TPSA) is 34.4 Å². The van der Waals surface area contributed by atoms with Crippen LogP contribution >= 0.6 is 0 Å². The van der Waals surface area contributed by atoms with Crippen LogP contribution < -0.4 is 10.1 Å². The van der Waals surface area contributed by atoms with Crippen LogP contribution in [0.4, 0.5) is 0 Å². The molecule has 1 aromatic heterocycles. The number of rotatable bonds is 5. The Morgan fingerprint density at radius 3 is 2.71 bits per heavy atom. The van der Waals surface area contributed by atoms with Crippen molar-refractivity contribution in [2.24, 2.45) is 0 Å². The van der Waals surface area contributed by atoms with Crippen LogP contribution in [0.1, 0.15) is 24.3 Å². The van der Waals surface area contributed by atoms with E-state index in [-0.39, 0.29) is 6.04 Å². The zero-order chi connectivity index (χ0) is 14.7. The Bertz CT molecular complexity index is 700. The molecule has 3 heteroatoms. The highest BCUT2D eigenvalue weighted by Gasteiger charge is 2.18. The van der Waals surface area contributed by atoms with Crippen molar-refractivity contribution in [2.45, 2.75) is 13.0 Å². The Hall–Kier alpha value is -2.26.